The summed E-state index contributed by atoms with van der Waals surface area (Å²) in [5, 5.41) is 16.1. The first kappa shape index (κ1) is 11.2. The lowest BCUT2D eigenvalue weighted by Crippen LogP contribution is -2.02. The lowest BCUT2D eigenvalue weighted by atomic mass is 10.1. The molecule has 0 radical (unpaired) electrons. The largest absolute Gasteiger partial charge is 0.366 e. The summed E-state index contributed by atoms with van der Waals surface area (Å²) >= 11 is 0. The van der Waals surface area contributed by atoms with Crippen LogP contribution < -0.4 is 5.32 Å². The predicted octanol–water partition coefficient (Wildman–Crippen LogP) is 2.21. The van der Waals surface area contributed by atoms with Crippen LogP contribution in [-0.2, 0) is 6.54 Å². The zero-order chi connectivity index (χ0) is 13.1. The molecule has 3 aromatic rings. The van der Waals surface area contributed by atoms with Crippen LogP contribution in [0.4, 0.5) is 5.82 Å². The van der Waals surface area contributed by atoms with Gasteiger partial charge in [-0.25, -0.2) is 9.50 Å². The summed E-state index contributed by atoms with van der Waals surface area (Å²) in [4.78, 5) is 4.42. The van der Waals surface area contributed by atoms with Gasteiger partial charge < -0.3 is 5.32 Å². The van der Waals surface area contributed by atoms with Crippen molar-refractivity contribution in [3.05, 3.63) is 59.9 Å². The molecule has 5 heteroatoms. The molecule has 0 spiro atoms. The minimum absolute atomic E-state index is 0.669. The second kappa shape index (κ2) is 4.78. The maximum absolute atomic E-state index is 8.73. The third-order valence-corrected chi connectivity index (χ3v) is 2.81. The van der Waals surface area contributed by atoms with E-state index < -0.39 is 0 Å². The Morgan fingerprint density at radius 2 is 2.00 bits per heavy atom. The molecule has 1 N–H and O–H groups in total. The summed E-state index contributed by atoms with van der Waals surface area (Å²) in [6, 6.07) is 13.3. The Bertz CT molecular complexity index is 736. The highest BCUT2D eigenvalue weighted by molar-refractivity contribution is 5.45. The van der Waals surface area contributed by atoms with Crippen LogP contribution in [0.2, 0.25) is 0 Å². The van der Waals surface area contributed by atoms with Crippen molar-refractivity contribution in [3.63, 3.8) is 0 Å². The number of nitriles is 1. The van der Waals surface area contributed by atoms with E-state index in [1.54, 1.807) is 10.7 Å². The molecule has 3 rings (SSSR count). The van der Waals surface area contributed by atoms with Gasteiger partial charge in [-0.05, 0) is 23.8 Å². The van der Waals surface area contributed by atoms with E-state index in [9.17, 15) is 0 Å². The van der Waals surface area contributed by atoms with Crippen molar-refractivity contribution in [2.75, 3.05) is 5.32 Å². The molecule has 0 amide bonds. The monoisotopic (exact) mass is 249 g/mol. The maximum Gasteiger partial charge on any atom is 0.157 e. The molecule has 0 aliphatic rings. The number of rotatable bonds is 3. The van der Waals surface area contributed by atoms with Crippen LogP contribution in [0.25, 0.3) is 5.65 Å². The molecule has 0 fully saturated rings. The van der Waals surface area contributed by atoms with Gasteiger partial charge in [0.15, 0.2) is 5.65 Å². The Labute approximate surface area is 110 Å². The SMILES string of the molecule is N#Cc1ccc(CNc2ccn3nccc3n2)cc1. The smallest absolute Gasteiger partial charge is 0.157 e. The van der Waals surface area contributed by atoms with Crippen LogP contribution in [0.1, 0.15) is 11.1 Å². The Morgan fingerprint density at radius 3 is 2.79 bits per heavy atom. The second-order valence-electron chi connectivity index (χ2n) is 4.11. The van der Waals surface area contributed by atoms with Gasteiger partial charge in [-0.15, -0.1) is 0 Å². The van der Waals surface area contributed by atoms with Crippen molar-refractivity contribution < 1.29 is 0 Å². The molecule has 19 heavy (non-hydrogen) atoms. The van der Waals surface area contributed by atoms with Gasteiger partial charge in [0.2, 0.25) is 0 Å². The molecule has 0 unspecified atom stereocenters. The average molecular weight is 249 g/mol. The van der Waals surface area contributed by atoms with E-state index in [0.717, 1.165) is 17.0 Å². The normalized spacial score (nSPS) is 10.3. The van der Waals surface area contributed by atoms with Crippen LogP contribution in [0.15, 0.2) is 48.8 Å². The maximum atomic E-state index is 8.73. The molecule has 0 saturated carbocycles. The highest BCUT2D eigenvalue weighted by Gasteiger charge is 1.99. The standard InChI is InChI=1S/C14H11N5/c15-9-11-1-3-12(4-2-11)10-16-13-6-8-19-14(18-13)5-7-17-19/h1-8H,10H2,(H,16,18). The van der Waals surface area contributed by atoms with Crippen LogP contribution in [0, 0.1) is 11.3 Å². The average Bonchev–Trinajstić information content (AvgIpc) is 2.93. The number of hydrogen-bond donors (Lipinski definition) is 1. The number of benzene rings is 1. The van der Waals surface area contributed by atoms with Crippen molar-refractivity contribution >= 4 is 11.5 Å². The van der Waals surface area contributed by atoms with E-state index in [1.807, 2.05) is 42.6 Å². The molecule has 2 aromatic heterocycles. The van der Waals surface area contributed by atoms with Crippen molar-refractivity contribution in [1.29, 1.82) is 5.26 Å². The van der Waals surface area contributed by atoms with Gasteiger partial charge in [0.25, 0.3) is 0 Å². The number of nitrogens with one attached hydrogen (secondary N) is 1. The number of fused-ring (bicyclic) bond motifs is 1. The first-order chi connectivity index (χ1) is 9.35. The molecule has 2 heterocycles. The zero-order valence-electron chi connectivity index (χ0n) is 10.1. The fourth-order valence-corrected chi connectivity index (χ4v) is 1.80. The first-order valence-electron chi connectivity index (χ1n) is 5.88. The molecular formula is C14H11N5. The number of nitrogens with zero attached hydrogens (tertiary/aromatic N) is 4. The molecule has 0 atom stereocenters. The Hall–Kier alpha value is -2.87. The topological polar surface area (TPSA) is 66.0 Å². The summed E-state index contributed by atoms with van der Waals surface area (Å²) in [5.41, 5.74) is 2.58. The Morgan fingerprint density at radius 1 is 1.16 bits per heavy atom. The summed E-state index contributed by atoms with van der Waals surface area (Å²) in [7, 11) is 0. The van der Waals surface area contributed by atoms with Crippen molar-refractivity contribution in [2.24, 2.45) is 0 Å². The summed E-state index contributed by atoms with van der Waals surface area (Å²) < 4.78 is 1.72. The Kier molecular flexibility index (Phi) is 2.83. The van der Waals surface area contributed by atoms with Crippen LogP contribution in [0.5, 0.6) is 0 Å². The molecule has 92 valence electrons. The first-order valence-corrected chi connectivity index (χ1v) is 5.88. The summed E-state index contributed by atoms with van der Waals surface area (Å²) in [6.45, 7) is 0.670. The highest BCUT2D eigenvalue weighted by Crippen LogP contribution is 2.09. The van der Waals surface area contributed by atoms with E-state index in [2.05, 4.69) is 21.5 Å². The molecule has 0 saturated heterocycles. The number of anilines is 1. The quantitative estimate of drug-likeness (QED) is 0.772. The van der Waals surface area contributed by atoms with Crippen molar-refractivity contribution in [1.82, 2.24) is 14.6 Å². The lowest BCUT2D eigenvalue weighted by molar-refractivity contribution is 0.936. The highest BCUT2D eigenvalue weighted by atomic mass is 15.2. The third-order valence-electron chi connectivity index (χ3n) is 2.81. The van der Waals surface area contributed by atoms with Gasteiger partial charge in [0, 0.05) is 18.8 Å². The summed E-state index contributed by atoms with van der Waals surface area (Å²) in [5.74, 6) is 0.803. The van der Waals surface area contributed by atoms with E-state index in [-0.39, 0.29) is 0 Å². The number of aromatic nitrogens is 3. The Balaban J connectivity index is 1.72. The van der Waals surface area contributed by atoms with E-state index in [4.69, 9.17) is 5.26 Å². The molecular weight excluding hydrogens is 238 g/mol. The molecule has 0 bridgehead atoms. The van der Waals surface area contributed by atoms with Crippen molar-refractivity contribution in [3.8, 4) is 6.07 Å². The molecule has 0 aliphatic heterocycles. The fraction of sp³-hybridized carbons (Fsp3) is 0.0714. The lowest BCUT2D eigenvalue weighted by Gasteiger charge is -2.06. The van der Waals surface area contributed by atoms with Crippen molar-refractivity contribution in [2.45, 2.75) is 6.54 Å². The summed E-state index contributed by atoms with van der Waals surface area (Å²) in [6.07, 6.45) is 3.58. The predicted molar refractivity (Wildman–Crippen MR) is 71.5 cm³/mol. The van der Waals surface area contributed by atoms with Crippen LogP contribution in [-0.4, -0.2) is 14.6 Å². The van der Waals surface area contributed by atoms with Gasteiger partial charge in [0.1, 0.15) is 5.82 Å². The molecule has 1 aromatic carbocycles. The van der Waals surface area contributed by atoms with Crippen LogP contribution in [0.3, 0.4) is 0 Å². The van der Waals surface area contributed by atoms with Gasteiger partial charge in [0.05, 0.1) is 17.8 Å². The van der Waals surface area contributed by atoms with E-state index in [1.165, 1.54) is 0 Å². The zero-order valence-corrected chi connectivity index (χ0v) is 10.1. The van der Waals surface area contributed by atoms with Gasteiger partial charge in [-0.3, -0.25) is 0 Å². The van der Waals surface area contributed by atoms with E-state index >= 15 is 0 Å². The minimum atomic E-state index is 0.669. The second-order valence-corrected chi connectivity index (χ2v) is 4.11. The third kappa shape index (κ3) is 2.38. The molecule has 5 nitrogen and oxygen atoms in total. The number of hydrogen-bond acceptors (Lipinski definition) is 4. The van der Waals surface area contributed by atoms with Crippen LogP contribution >= 0.6 is 0 Å². The fourth-order valence-electron chi connectivity index (χ4n) is 1.80. The van der Waals surface area contributed by atoms with Gasteiger partial charge >= 0.3 is 0 Å². The van der Waals surface area contributed by atoms with Gasteiger partial charge in [-0.2, -0.15) is 10.4 Å². The minimum Gasteiger partial charge on any atom is -0.366 e. The van der Waals surface area contributed by atoms with Gasteiger partial charge in [-0.1, -0.05) is 12.1 Å². The van der Waals surface area contributed by atoms with E-state index in [0.29, 0.717) is 12.1 Å². The molecule has 0 aliphatic carbocycles.